The summed E-state index contributed by atoms with van der Waals surface area (Å²) in [5.41, 5.74) is 0. The summed E-state index contributed by atoms with van der Waals surface area (Å²) in [5, 5.41) is 8.63. The van der Waals surface area contributed by atoms with Gasteiger partial charge in [0.2, 0.25) is 0 Å². The predicted octanol–water partition coefficient (Wildman–Crippen LogP) is 1.30. The maximum atomic E-state index is 7.18. The summed E-state index contributed by atoms with van der Waals surface area (Å²) >= 11 is 3.09. The Hall–Kier alpha value is 0.240. The van der Waals surface area contributed by atoms with Crippen LogP contribution in [0, 0.1) is 10.7 Å². The van der Waals surface area contributed by atoms with Crippen LogP contribution in [0.5, 0.6) is 0 Å². The van der Waals surface area contributed by atoms with E-state index in [1.165, 1.54) is 5.40 Å². The molecule has 0 spiro atoms. The van der Waals surface area contributed by atoms with Crippen LogP contribution in [0.15, 0.2) is 0 Å². The summed E-state index contributed by atoms with van der Waals surface area (Å²) in [6.45, 7) is 0. The van der Waals surface area contributed by atoms with Crippen molar-refractivity contribution in [2.24, 2.45) is 0 Å². The van der Waals surface area contributed by atoms with Crippen molar-refractivity contribution in [1.82, 2.24) is 12.3 Å². The van der Waals surface area contributed by atoms with Gasteiger partial charge >= 0.3 is 0 Å². The fourth-order valence-electron chi connectivity index (χ4n) is 0. The van der Waals surface area contributed by atoms with Crippen molar-refractivity contribution in [3.8, 4) is 5.40 Å². The summed E-state index contributed by atoms with van der Waals surface area (Å²) in [4.78, 5) is 0. The van der Waals surface area contributed by atoms with E-state index in [9.17, 15) is 0 Å². The average Bonchev–Trinajstić information content (AvgIpc) is 0.918. The largest absolute Gasteiger partial charge is 0.344 e. The molecule has 6 N–H and O–H groups in total. The van der Waals surface area contributed by atoms with Crippen molar-refractivity contribution < 1.29 is 0 Å². The Morgan fingerprint density at radius 2 is 1.33 bits per heavy atom. The first-order valence-corrected chi connectivity index (χ1v) is 0.894. The van der Waals surface area contributed by atoms with Crippen LogP contribution in [0.4, 0.5) is 0 Å². The monoisotopic (exact) mass is 173 g/mol. The molecule has 0 saturated carbocycles. The zero-order valence-corrected chi connectivity index (χ0v) is 5.82. The predicted molar refractivity (Wildman–Crippen MR) is 35.0 cm³/mol. The molecule has 6 heavy (non-hydrogen) atoms. The Balaban J connectivity index is -0.00000000667. The van der Waals surface area contributed by atoms with Gasteiger partial charge in [0.25, 0.3) is 0 Å². The number of nitriles is 1. The Morgan fingerprint density at radius 3 is 1.33 bits per heavy atom. The molecule has 0 saturated heterocycles. The Morgan fingerprint density at radius 1 is 1.33 bits per heavy atom. The highest BCUT2D eigenvalue weighted by molar-refractivity contribution is 8.93. The molecule has 0 aliphatic rings. The van der Waals surface area contributed by atoms with E-state index >= 15 is 0 Å². The van der Waals surface area contributed by atoms with Crippen LogP contribution in [-0.4, -0.2) is 0 Å². The van der Waals surface area contributed by atoms with E-state index in [2.05, 4.69) is 12.6 Å². The molecule has 0 aromatic carbocycles. The molecule has 0 bridgehead atoms. The van der Waals surface area contributed by atoms with E-state index in [0.29, 0.717) is 0 Å². The molecule has 40 valence electrons. The second-order valence-electron chi connectivity index (χ2n) is 0.100. The second-order valence-corrected chi connectivity index (χ2v) is 0.300. The van der Waals surface area contributed by atoms with Gasteiger partial charge in [-0.15, -0.1) is 17.0 Å². The van der Waals surface area contributed by atoms with E-state index in [1.54, 1.807) is 0 Å². The lowest BCUT2D eigenvalue weighted by Crippen LogP contribution is -0.961. The molecule has 0 aliphatic carbocycles. The van der Waals surface area contributed by atoms with Crippen LogP contribution in [-0.2, 0) is 0 Å². The number of nitrogens with zero attached hydrogens (tertiary/aromatic N) is 1. The van der Waals surface area contributed by atoms with Gasteiger partial charge in [-0.25, -0.2) is 0 Å². The lowest BCUT2D eigenvalue weighted by Gasteiger charge is -1.14. The Kier molecular flexibility index (Phi) is 349. The first kappa shape index (κ1) is 34.1. The van der Waals surface area contributed by atoms with Crippen molar-refractivity contribution in [2.75, 3.05) is 0 Å². The maximum Gasteiger partial charge on any atom is 0.130 e. The van der Waals surface area contributed by atoms with E-state index in [1.807, 2.05) is 0 Å². The molecule has 0 radical (unpaired) electrons. The topological polar surface area (TPSA) is 93.8 Å². The summed E-state index contributed by atoms with van der Waals surface area (Å²) in [6, 6.07) is 0. The van der Waals surface area contributed by atoms with Gasteiger partial charge in [0.05, 0.1) is 0 Å². The number of hydrogen-bond donors (Lipinski definition) is 3. The van der Waals surface area contributed by atoms with Crippen molar-refractivity contribution in [1.29, 1.82) is 5.26 Å². The van der Waals surface area contributed by atoms with Crippen LogP contribution in [0.25, 0.3) is 0 Å². The highest BCUT2D eigenvalue weighted by atomic mass is 79.9. The zero-order chi connectivity index (χ0) is 2.71. The summed E-state index contributed by atoms with van der Waals surface area (Å²) in [5.74, 6) is 0. The van der Waals surface area contributed by atoms with E-state index in [0.717, 1.165) is 0 Å². The van der Waals surface area contributed by atoms with Gasteiger partial charge in [0, 0.05) is 0 Å². The van der Waals surface area contributed by atoms with Crippen LogP contribution in [0.2, 0.25) is 0 Å². The van der Waals surface area contributed by atoms with E-state index in [4.69, 9.17) is 5.26 Å². The molecule has 0 aromatic heterocycles. The number of hydrogen-bond acceptors (Lipinski definition) is 4. The molecule has 0 rings (SSSR count). The number of halogens is 1. The van der Waals surface area contributed by atoms with Crippen LogP contribution in [0.1, 0.15) is 0 Å². The molecule has 0 heterocycles. The van der Waals surface area contributed by atoms with Gasteiger partial charge in [-0.05, 0) is 0 Å². The van der Waals surface area contributed by atoms with Crippen molar-refractivity contribution >= 4 is 29.6 Å². The fourth-order valence-corrected chi connectivity index (χ4v) is 0. The van der Waals surface area contributed by atoms with E-state index < -0.39 is 0 Å². The van der Waals surface area contributed by atoms with Gasteiger partial charge in [-0.1, -0.05) is 12.6 Å². The molecular weight excluding hydrogens is 166 g/mol. The molecule has 0 aromatic rings. The van der Waals surface area contributed by atoms with Crippen LogP contribution in [0.3, 0.4) is 0 Å². The first-order chi connectivity index (χ1) is 1.41. The molecule has 0 atom stereocenters. The minimum absolute atomic E-state index is 0. The third kappa shape index (κ3) is 773. The van der Waals surface area contributed by atoms with Gasteiger partial charge in [0.15, 0.2) is 0 Å². The molecule has 0 unspecified atom stereocenters. The Labute approximate surface area is 53.1 Å². The maximum absolute atomic E-state index is 7.18. The lowest BCUT2D eigenvalue weighted by atomic mass is 11.8. The highest BCUT2D eigenvalue weighted by Gasteiger charge is 1.18. The highest BCUT2D eigenvalue weighted by Crippen LogP contribution is 1.46. The quantitative estimate of drug-likeness (QED) is 0.381. The molecule has 0 amide bonds. The molecule has 0 fully saturated rings. The SMILES string of the molecule is Br.N.N.N#CS. The average molecular weight is 174 g/mol. The zero-order valence-electron chi connectivity index (χ0n) is 3.22. The smallest absolute Gasteiger partial charge is 0.130 e. The number of rotatable bonds is 0. The van der Waals surface area contributed by atoms with Crippen molar-refractivity contribution in [3.05, 3.63) is 0 Å². The van der Waals surface area contributed by atoms with Gasteiger partial charge in [-0.2, -0.15) is 5.26 Å². The van der Waals surface area contributed by atoms with Gasteiger partial charge in [0.1, 0.15) is 5.40 Å². The summed E-state index contributed by atoms with van der Waals surface area (Å²) in [6.07, 6.45) is 0. The summed E-state index contributed by atoms with van der Waals surface area (Å²) in [7, 11) is 0. The molecule has 0 aliphatic heterocycles. The third-order valence-electron chi connectivity index (χ3n) is 0. The fraction of sp³-hybridized carbons (Fsp3) is 0. The minimum Gasteiger partial charge on any atom is -0.344 e. The molecule has 5 heteroatoms. The van der Waals surface area contributed by atoms with Crippen molar-refractivity contribution in [2.45, 2.75) is 0 Å². The third-order valence-corrected chi connectivity index (χ3v) is 0. The Bertz CT molecular complexity index is 32.3. The van der Waals surface area contributed by atoms with E-state index in [-0.39, 0.29) is 29.3 Å². The lowest BCUT2D eigenvalue weighted by molar-refractivity contribution is 1.57. The number of thiocyanates is 1. The summed E-state index contributed by atoms with van der Waals surface area (Å²) < 4.78 is 0. The number of thiol groups is 1. The molecule has 3 nitrogen and oxygen atoms in total. The normalized spacial score (nSPS) is 1.33. The standard InChI is InChI=1S/CHNS.BrH.2H3N/c2-1-3;;;/h3H;1H;2*1H3. The van der Waals surface area contributed by atoms with Crippen LogP contribution >= 0.6 is 29.6 Å². The first-order valence-electron chi connectivity index (χ1n) is 0.447. The van der Waals surface area contributed by atoms with Crippen LogP contribution < -0.4 is 12.3 Å². The second kappa shape index (κ2) is 61.3. The van der Waals surface area contributed by atoms with Gasteiger partial charge < -0.3 is 12.3 Å². The van der Waals surface area contributed by atoms with Gasteiger partial charge in [-0.3, -0.25) is 0 Å². The molecular formula is CH8BrN3S. The minimum atomic E-state index is 0. The van der Waals surface area contributed by atoms with Crippen molar-refractivity contribution in [3.63, 3.8) is 0 Å².